The predicted octanol–water partition coefficient (Wildman–Crippen LogP) is -0.663. The molecule has 0 rings (SSSR count). The van der Waals surface area contributed by atoms with E-state index in [2.05, 4.69) is 21.3 Å². The highest BCUT2D eigenvalue weighted by Gasteiger charge is 2.21. The van der Waals surface area contributed by atoms with Crippen LogP contribution >= 0.6 is 0 Å². The zero-order chi connectivity index (χ0) is 28.8. The molecule has 0 aromatic heterocycles. The maximum Gasteiger partial charge on any atom is 0.239 e. The van der Waals surface area contributed by atoms with Crippen LogP contribution in [0.1, 0.15) is 53.9 Å². The van der Waals surface area contributed by atoms with Crippen LogP contribution in [-0.4, -0.2) is 112 Å². The van der Waals surface area contributed by atoms with Crippen LogP contribution in [0.5, 0.6) is 0 Å². The molecule has 0 fully saturated rings. The predicted molar refractivity (Wildman–Crippen MR) is 141 cm³/mol. The smallest absolute Gasteiger partial charge is 0.239 e. The summed E-state index contributed by atoms with van der Waals surface area (Å²) in [5.41, 5.74) is 0. The summed E-state index contributed by atoms with van der Waals surface area (Å²) in [6, 6.07) is -0.189. The van der Waals surface area contributed by atoms with E-state index in [-0.39, 0.29) is 74.8 Å². The Hall–Kier alpha value is -2.77. The fourth-order valence-electron chi connectivity index (χ4n) is 2.96. The summed E-state index contributed by atoms with van der Waals surface area (Å²) < 4.78 is 16.1. The van der Waals surface area contributed by atoms with Gasteiger partial charge in [0.15, 0.2) is 0 Å². The third-order valence-electron chi connectivity index (χ3n) is 4.69. The van der Waals surface area contributed by atoms with Crippen molar-refractivity contribution in [3.63, 3.8) is 0 Å². The Morgan fingerprint density at radius 3 is 1.58 bits per heavy atom. The minimum atomic E-state index is -0.411. The molecule has 38 heavy (non-hydrogen) atoms. The summed E-state index contributed by atoms with van der Waals surface area (Å²) in [6.07, 6.45) is 0.526. The summed E-state index contributed by atoms with van der Waals surface area (Å²) in [5.74, 6) is -1.42. The van der Waals surface area contributed by atoms with Crippen molar-refractivity contribution in [1.29, 1.82) is 0 Å². The summed E-state index contributed by atoms with van der Waals surface area (Å²) in [4.78, 5) is 61.1. The molecule has 0 aliphatic heterocycles. The van der Waals surface area contributed by atoms with Gasteiger partial charge in [0.2, 0.25) is 29.5 Å². The number of amides is 5. The van der Waals surface area contributed by atoms with E-state index in [4.69, 9.17) is 14.2 Å². The van der Waals surface area contributed by atoms with E-state index in [1.165, 1.54) is 4.90 Å². The molecule has 0 bridgehead atoms. The largest absolute Gasteiger partial charge is 0.379 e. The minimum Gasteiger partial charge on any atom is -0.379 e. The van der Waals surface area contributed by atoms with Gasteiger partial charge >= 0.3 is 0 Å². The molecule has 0 aliphatic rings. The van der Waals surface area contributed by atoms with Crippen LogP contribution in [0.3, 0.4) is 0 Å². The molecule has 0 saturated heterocycles. The SMILES string of the molecule is CCC(=O)NCCOCCOCCOCCC(=O)NCCC(=O)N(CC(=O)NC(C)C)CC(=O)NC(C)C. The maximum atomic E-state index is 12.6. The molecule has 0 unspecified atom stereocenters. The lowest BCUT2D eigenvalue weighted by molar-refractivity contribution is -0.139. The lowest BCUT2D eigenvalue weighted by atomic mass is 10.3. The zero-order valence-electron chi connectivity index (χ0n) is 23.6. The Morgan fingerprint density at radius 2 is 1.08 bits per heavy atom. The van der Waals surface area contributed by atoms with Crippen LogP contribution < -0.4 is 21.3 Å². The van der Waals surface area contributed by atoms with Crippen molar-refractivity contribution in [2.24, 2.45) is 0 Å². The normalized spacial score (nSPS) is 10.8. The second-order valence-corrected chi connectivity index (χ2v) is 9.08. The first-order valence-electron chi connectivity index (χ1n) is 13.2. The third-order valence-corrected chi connectivity index (χ3v) is 4.69. The van der Waals surface area contributed by atoms with Crippen LogP contribution in [-0.2, 0) is 38.2 Å². The van der Waals surface area contributed by atoms with Crippen LogP contribution in [0, 0.1) is 0 Å². The fraction of sp³-hybridized carbons (Fsp3) is 0.800. The Morgan fingerprint density at radius 1 is 0.605 bits per heavy atom. The molecule has 0 aromatic rings. The Balaban J connectivity index is 4.03. The number of carbonyl (C=O) groups excluding carboxylic acids is 5. The van der Waals surface area contributed by atoms with Crippen molar-refractivity contribution in [2.45, 2.75) is 66.0 Å². The quantitative estimate of drug-likeness (QED) is 0.130. The van der Waals surface area contributed by atoms with Crippen molar-refractivity contribution < 1.29 is 38.2 Å². The maximum absolute atomic E-state index is 12.6. The monoisotopic (exact) mass is 545 g/mol. The van der Waals surface area contributed by atoms with Crippen LogP contribution in [0.2, 0.25) is 0 Å². The molecule has 0 aliphatic carbocycles. The molecule has 0 radical (unpaired) electrons. The summed E-state index contributed by atoms with van der Waals surface area (Å²) in [6.45, 7) is 11.2. The van der Waals surface area contributed by atoms with Gasteiger partial charge in [-0.1, -0.05) is 6.92 Å². The van der Waals surface area contributed by atoms with Crippen LogP contribution in [0.4, 0.5) is 0 Å². The summed E-state index contributed by atoms with van der Waals surface area (Å²) >= 11 is 0. The number of rotatable bonds is 22. The topological polar surface area (TPSA) is 164 Å². The van der Waals surface area contributed by atoms with E-state index in [1.807, 2.05) is 0 Å². The van der Waals surface area contributed by atoms with Gasteiger partial charge in [-0.2, -0.15) is 0 Å². The Kier molecular flexibility index (Phi) is 20.6. The van der Waals surface area contributed by atoms with Gasteiger partial charge < -0.3 is 40.4 Å². The number of nitrogens with zero attached hydrogens (tertiary/aromatic N) is 1. The first-order chi connectivity index (χ1) is 18.0. The average Bonchev–Trinajstić information content (AvgIpc) is 2.82. The second-order valence-electron chi connectivity index (χ2n) is 9.08. The van der Waals surface area contributed by atoms with Crippen molar-refractivity contribution in [1.82, 2.24) is 26.2 Å². The molecule has 13 nitrogen and oxygen atoms in total. The highest BCUT2D eigenvalue weighted by molar-refractivity contribution is 5.89. The van der Waals surface area contributed by atoms with Crippen LogP contribution in [0.25, 0.3) is 0 Å². The first kappa shape index (κ1) is 35.2. The highest BCUT2D eigenvalue weighted by atomic mass is 16.5. The number of nitrogens with one attached hydrogen (secondary N) is 4. The second kappa shape index (κ2) is 22.2. The van der Waals surface area contributed by atoms with E-state index in [0.717, 1.165) is 0 Å². The summed E-state index contributed by atoms with van der Waals surface area (Å²) in [5, 5.41) is 10.8. The lowest BCUT2D eigenvalue weighted by Crippen LogP contribution is -2.48. The van der Waals surface area contributed by atoms with E-state index in [9.17, 15) is 24.0 Å². The Labute approximate surface area is 226 Å². The van der Waals surface area contributed by atoms with Gasteiger partial charge in [-0.25, -0.2) is 0 Å². The first-order valence-corrected chi connectivity index (χ1v) is 13.2. The lowest BCUT2D eigenvalue weighted by Gasteiger charge is -2.23. The molecule has 0 heterocycles. The molecule has 0 atom stereocenters. The van der Waals surface area contributed by atoms with E-state index < -0.39 is 5.91 Å². The molecule has 220 valence electrons. The number of ether oxygens (including phenoxy) is 3. The molecule has 0 saturated carbocycles. The van der Waals surface area contributed by atoms with Crippen molar-refractivity contribution in [3.8, 4) is 0 Å². The van der Waals surface area contributed by atoms with E-state index >= 15 is 0 Å². The van der Waals surface area contributed by atoms with Gasteiger partial charge in [-0.3, -0.25) is 24.0 Å². The van der Waals surface area contributed by atoms with Crippen molar-refractivity contribution >= 4 is 29.5 Å². The van der Waals surface area contributed by atoms with Gasteiger partial charge in [0.25, 0.3) is 0 Å². The molecule has 5 amide bonds. The van der Waals surface area contributed by atoms with Gasteiger partial charge in [0.05, 0.1) is 39.6 Å². The molecule has 13 heteroatoms. The van der Waals surface area contributed by atoms with Crippen LogP contribution in [0.15, 0.2) is 0 Å². The third kappa shape index (κ3) is 21.3. The van der Waals surface area contributed by atoms with Gasteiger partial charge in [0.1, 0.15) is 13.1 Å². The average molecular weight is 546 g/mol. The van der Waals surface area contributed by atoms with Gasteiger partial charge in [-0.15, -0.1) is 0 Å². The van der Waals surface area contributed by atoms with Gasteiger partial charge in [0, 0.05) is 44.4 Å². The van der Waals surface area contributed by atoms with Gasteiger partial charge in [-0.05, 0) is 27.7 Å². The number of hydrogen-bond donors (Lipinski definition) is 4. The molecule has 4 N–H and O–H groups in total. The van der Waals surface area contributed by atoms with E-state index in [0.29, 0.717) is 46.0 Å². The fourth-order valence-corrected chi connectivity index (χ4v) is 2.96. The molecular formula is C25H47N5O8. The number of carbonyl (C=O) groups is 5. The summed E-state index contributed by atoms with van der Waals surface area (Å²) in [7, 11) is 0. The molecular weight excluding hydrogens is 498 g/mol. The Bertz CT molecular complexity index is 694. The van der Waals surface area contributed by atoms with E-state index in [1.54, 1.807) is 34.6 Å². The highest BCUT2D eigenvalue weighted by Crippen LogP contribution is 1.97. The van der Waals surface area contributed by atoms with Crippen molar-refractivity contribution in [2.75, 3.05) is 65.8 Å². The minimum absolute atomic E-state index is 0.0122. The molecule has 0 aromatic carbocycles. The standard InChI is InChI=1S/C25H47N5O8/c1-6-21(31)27-10-12-37-14-16-38-15-13-36-11-8-22(32)26-9-7-25(35)30(17-23(33)28-19(2)3)18-24(34)29-20(4)5/h19-20H,6-18H2,1-5H3,(H,26,32)(H,27,31)(H,28,33)(H,29,34). The number of hydrogen-bond acceptors (Lipinski definition) is 8. The van der Waals surface area contributed by atoms with Crippen molar-refractivity contribution in [3.05, 3.63) is 0 Å². The zero-order valence-corrected chi connectivity index (χ0v) is 23.6. The molecule has 0 spiro atoms.